The minimum atomic E-state index is -0.277. The Hall–Kier alpha value is -10.9. The maximum Gasteiger partial charge on any atom is 0.252 e. The number of hydrogen-bond acceptors (Lipinski definition) is 2. The van der Waals surface area contributed by atoms with E-state index in [1.54, 1.807) is 0 Å². The fraction of sp³-hybridized carbons (Fsp3) is 0.0714. The van der Waals surface area contributed by atoms with E-state index >= 15 is 0 Å². The second-order valence-electron chi connectivity index (χ2n) is 25.2. The molecule has 2 aromatic heterocycles. The van der Waals surface area contributed by atoms with Crippen LogP contribution >= 0.6 is 0 Å². The third kappa shape index (κ3) is 8.15. The van der Waals surface area contributed by atoms with Crippen LogP contribution in [0.15, 0.2) is 291 Å². The van der Waals surface area contributed by atoms with Crippen LogP contribution in [0.5, 0.6) is 0 Å². The highest BCUT2D eigenvalue weighted by Gasteiger charge is 2.47. The second kappa shape index (κ2) is 20.4. The van der Waals surface area contributed by atoms with E-state index in [-0.39, 0.29) is 12.1 Å². The molecule has 2 aliphatic rings. The van der Waals surface area contributed by atoms with E-state index in [0.717, 1.165) is 56.1 Å². The van der Waals surface area contributed by atoms with Crippen LogP contribution in [0, 0.1) is 13.8 Å². The van der Waals surface area contributed by atoms with Crippen LogP contribution in [0.25, 0.3) is 99.5 Å². The van der Waals surface area contributed by atoms with Crippen molar-refractivity contribution in [3.05, 3.63) is 308 Å². The summed E-state index contributed by atoms with van der Waals surface area (Å²) in [5.74, 6) is 0. The lowest BCUT2D eigenvalue weighted by Crippen LogP contribution is -2.62. The normalized spacial score (nSPS) is 12.7. The Morgan fingerprint density at radius 2 is 0.607 bits per heavy atom. The van der Waals surface area contributed by atoms with Gasteiger partial charge >= 0.3 is 0 Å². The SMILES string of the molecule is Cc1c(-n2c3ccccc3c3ccccc32)ccc2c1N(c1cc(-c3ccccc3)ccc1-c1ccccc1)c1cc(C(C)(C)C)cc3c1B2c1ccc(-n2c4ccccc4c4ccccc42)c(C)c1N3c1cc(-c2ccccc2)ccc1-c1ccccc1. The average molecular weight is 1140 g/mol. The maximum atomic E-state index is 2.70. The molecular weight excluding hydrogens is 1080 g/mol. The summed E-state index contributed by atoms with van der Waals surface area (Å²) >= 11 is 0. The second-order valence-corrected chi connectivity index (χ2v) is 25.2. The lowest BCUT2D eigenvalue weighted by atomic mass is 9.33. The summed E-state index contributed by atoms with van der Waals surface area (Å²) in [5.41, 5.74) is 30.5. The molecule has 13 aromatic carbocycles. The van der Waals surface area contributed by atoms with Crippen molar-refractivity contribution in [2.75, 3.05) is 9.80 Å². The molecule has 0 aliphatic carbocycles. The predicted octanol–water partition coefficient (Wildman–Crippen LogP) is 20.5. The molecule has 0 saturated heterocycles. The first-order valence-corrected chi connectivity index (χ1v) is 31.2. The Morgan fingerprint density at radius 3 is 0.955 bits per heavy atom. The summed E-state index contributed by atoms with van der Waals surface area (Å²) in [6, 6.07) is 109. The number of hydrogen-bond donors (Lipinski definition) is 0. The van der Waals surface area contributed by atoms with Crippen molar-refractivity contribution in [3.63, 3.8) is 0 Å². The number of para-hydroxylation sites is 4. The third-order valence-electron chi connectivity index (χ3n) is 19.2. The fourth-order valence-corrected chi connectivity index (χ4v) is 15.0. The molecule has 2 aliphatic heterocycles. The molecular formula is C84H63BN4. The van der Waals surface area contributed by atoms with Crippen molar-refractivity contribution in [1.82, 2.24) is 9.13 Å². The molecule has 0 bridgehead atoms. The largest absolute Gasteiger partial charge is 0.310 e. The molecule has 0 radical (unpaired) electrons. The first kappa shape index (κ1) is 52.5. The van der Waals surface area contributed by atoms with Gasteiger partial charge in [0.2, 0.25) is 0 Å². The van der Waals surface area contributed by atoms with Gasteiger partial charge in [-0.05, 0) is 146 Å². The minimum absolute atomic E-state index is 0.182. The van der Waals surface area contributed by atoms with Gasteiger partial charge in [-0.3, -0.25) is 0 Å². The van der Waals surface area contributed by atoms with E-state index in [0.29, 0.717) is 0 Å². The summed E-state index contributed by atoms with van der Waals surface area (Å²) in [6.07, 6.45) is 0. The molecule has 0 N–H and O–H groups in total. The fourth-order valence-electron chi connectivity index (χ4n) is 15.0. The van der Waals surface area contributed by atoms with Gasteiger partial charge in [0.05, 0.1) is 44.8 Å². The van der Waals surface area contributed by atoms with Crippen LogP contribution in [0.3, 0.4) is 0 Å². The van der Waals surface area contributed by atoms with Gasteiger partial charge in [-0.25, -0.2) is 0 Å². The standard InChI is InChI=1S/C84H63BN4/c1-54-71(86-73-38-22-18-34-65(73)66-35-19-23-39-74(66)86)48-46-69-82(54)88(77-50-60(56-26-10-6-11-27-56)42-44-63(77)58-30-14-8-15-31-58)79-52-62(84(3,4)5)53-80-81(79)85(69)70-47-49-72(87-75-40-24-20-36-67(75)68-37-21-25-41-76(68)87)55(2)83(70)89(80)78-51-61(57-28-12-7-13-29-57)43-45-64(78)59-32-16-9-17-33-59/h6-53H,1-5H3. The third-order valence-corrected chi connectivity index (χ3v) is 19.2. The molecule has 0 saturated carbocycles. The summed E-state index contributed by atoms with van der Waals surface area (Å²) in [6.45, 7) is 11.8. The molecule has 4 heterocycles. The number of benzene rings is 13. The van der Waals surface area contributed by atoms with Gasteiger partial charge < -0.3 is 18.9 Å². The van der Waals surface area contributed by atoms with E-state index in [2.05, 4.69) is 345 Å². The lowest BCUT2D eigenvalue weighted by molar-refractivity contribution is 0.590. The van der Waals surface area contributed by atoms with Crippen molar-refractivity contribution in [2.45, 2.75) is 40.0 Å². The number of fused-ring (bicyclic) bond motifs is 10. The summed E-state index contributed by atoms with van der Waals surface area (Å²) < 4.78 is 5.04. The molecule has 0 fully saturated rings. The zero-order chi connectivity index (χ0) is 59.6. The van der Waals surface area contributed by atoms with Crippen molar-refractivity contribution in [1.29, 1.82) is 0 Å². The number of anilines is 6. The quantitative estimate of drug-likeness (QED) is 0.141. The van der Waals surface area contributed by atoms with Gasteiger partial charge in [-0.15, -0.1) is 0 Å². The highest BCUT2D eigenvalue weighted by molar-refractivity contribution is 7.00. The molecule has 15 aromatic rings. The first-order valence-electron chi connectivity index (χ1n) is 31.2. The van der Waals surface area contributed by atoms with E-state index < -0.39 is 0 Å². The molecule has 5 heteroatoms. The lowest BCUT2D eigenvalue weighted by Gasteiger charge is -2.47. The monoisotopic (exact) mass is 1140 g/mol. The Kier molecular flexibility index (Phi) is 12.0. The van der Waals surface area contributed by atoms with Crippen molar-refractivity contribution in [2.24, 2.45) is 0 Å². The Morgan fingerprint density at radius 1 is 0.281 bits per heavy atom. The maximum absolute atomic E-state index is 2.70. The summed E-state index contributed by atoms with van der Waals surface area (Å²) in [4.78, 5) is 5.39. The topological polar surface area (TPSA) is 16.3 Å². The molecule has 0 spiro atoms. The van der Waals surface area contributed by atoms with Gasteiger partial charge in [0.25, 0.3) is 6.71 Å². The van der Waals surface area contributed by atoms with Gasteiger partial charge in [-0.2, -0.15) is 0 Å². The van der Waals surface area contributed by atoms with Crippen molar-refractivity contribution >= 4 is 101 Å². The Bertz CT molecular complexity index is 4900. The molecule has 4 nitrogen and oxygen atoms in total. The molecule has 0 amide bonds. The highest BCUT2D eigenvalue weighted by atomic mass is 15.2. The van der Waals surface area contributed by atoms with Crippen molar-refractivity contribution < 1.29 is 0 Å². The Balaban J connectivity index is 1.05. The number of aromatic nitrogens is 2. The van der Waals surface area contributed by atoms with E-state index in [4.69, 9.17) is 0 Å². The van der Waals surface area contributed by atoms with E-state index in [9.17, 15) is 0 Å². The highest BCUT2D eigenvalue weighted by Crippen LogP contribution is 2.53. The number of nitrogens with zero attached hydrogens (tertiary/aromatic N) is 4. The molecule has 0 unspecified atom stereocenters. The van der Waals surface area contributed by atoms with Crippen LogP contribution in [0.1, 0.15) is 37.5 Å². The summed E-state index contributed by atoms with van der Waals surface area (Å²) in [7, 11) is 0. The molecule has 17 rings (SSSR count). The molecule has 422 valence electrons. The van der Waals surface area contributed by atoms with Gasteiger partial charge in [0.1, 0.15) is 0 Å². The van der Waals surface area contributed by atoms with Crippen LogP contribution in [0.2, 0.25) is 0 Å². The Labute approximate surface area is 520 Å². The van der Waals surface area contributed by atoms with Gasteiger partial charge in [0.15, 0.2) is 0 Å². The van der Waals surface area contributed by atoms with Crippen LogP contribution in [0.4, 0.5) is 34.1 Å². The van der Waals surface area contributed by atoms with E-state index in [1.807, 2.05) is 0 Å². The predicted molar refractivity (Wildman–Crippen MR) is 379 cm³/mol. The van der Waals surface area contributed by atoms with Crippen LogP contribution in [-0.2, 0) is 5.41 Å². The van der Waals surface area contributed by atoms with E-state index in [1.165, 1.54) is 111 Å². The zero-order valence-corrected chi connectivity index (χ0v) is 50.6. The van der Waals surface area contributed by atoms with Gasteiger partial charge in [-0.1, -0.05) is 251 Å². The minimum Gasteiger partial charge on any atom is -0.310 e. The number of rotatable bonds is 8. The molecule has 89 heavy (non-hydrogen) atoms. The van der Waals surface area contributed by atoms with Gasteiger partial charge in [0, 0.05) is 55.4 Å². The molecule has 0 atom stereocenters. The van der Waals surface area contributed by atoms with Crippen LogP contribution < -0.4 is 26.2 Å². The first-order chi connectivity index (χ1) is 43.7. The smallest absolute Gasteiger partial charge is 0.252 e. The summed E-state index contributed by atoms with van der Waals surface area (Å²) in [5, 5.41) is 4.97. The van der Waals surface area contributed by atoms with Crippen LogP contribution in [-0.4, -0.2) is 15.8 Å². The van der Waals surface area contributed by atoms with Crippen molar-refractivity contribution in [3.8, 4) is 55.9 Å². The average Bonchev–Trinajstić information content (AvgIpc) is 0.949. The zero-order valence-electron chi connectivity index (χ0n) is 50.6.